The molecule has 0 unspecified atom stereocenters. The fourth-order valence-corrected chi connectivity index (χ4v) is 2.87. The van der Waals surface area contributed by atoms with Gasteiger partial charge in [0.15, 0.2) is 5.75 Å². The second-order valence-electron chi connectivity index (χ2n) is 5.70. The van der Waals surface area contributed by atoms with E-state index >= 15 is 0 Å². The number of carbonyl (C=O) groups excluding carboxylic acids is 1. The van der Waals surface area contributed by atoms with Crippen molar-refractivity contribution < 1.29 is 19.5 Å². The summed E-state index contributed by atoms with van der Waals surface area (Å²) >= 11 is 5.97. The highest BCUT2D eigenvalue weighted by atomic mass is 35.5. The Morgan fingerprint density at radius 2 is 1.89 bits per heavy atom. The van der Waals surface area contributed by atoms with E-state index < -0.39 is 5.91 Å². The number of fused-ring (bicyclic) bond motifs is 2. The third-order valence-corrected chi connectivity index (χ3v) is 4.11. The van der Waals surface area contributed by atoms with Crippen LogP contribution in [0, 0.1) is 5.21 Å². The van der Waals surface area contributed by atoms with Crippen molar-refractivity contribution >= 4 is 28.9 Å². The van der Waals surface area contributed by atoms with E-state index in [0.29, 0.717) is 22.2 Å². The quantitative estimate of drug-likeness (QED) is 0.605. The Morgan fingerprint density at radius 1 is 1.07 bits per heavy atom. The predicted octanol–water partition coefficient (Wildman–Crippen LogP) is 5.18. The molecule has 27 heavy (non-hydrogen) atoms. The van der Waals surface area contributed by atoms with Crippen LogP contribution in [0.25, 0.3) is 0 Å². The zero-order valence-electron chi connectivity index (χ0n) is 13.7. The molecule has 0 saturated heterocycles. The lowest BCUT2D eigenvalue weighted by Gasteiger charge is -2.24. The Bertz CT molecular complexity index is 1040. The number of benzene rings is 3. The number of hydrogen-bond acceptors (Lipinski definition) is 6. The number of carbonyl (C=O) groups is 1. The van der Waals surface area contributed by atoms with Gasteiger partial charge in [0, 0.05) is 17.2 Å². The third-order valence-electron chi connectivity index (χ3n) is 3.88. The molecule has 0 fully saturated rings. The van der Waals surface area contributed by atoms with Gasteiger partial charge in [-0.15, -0.1) is 0 Å². The number of nitrogens with zero attached hydrogens (tertiary/aromatic N) is 1. The maximum absolute atomic E-state index is 12.8. The summed E-state index contributed by atoms with van der Waals surface area (Å²) in [5.41, 5.74) is 0.395. The lowest BCUT2D eigenvalue weighted by atomic mass is 10.1. The van der Waals surface area contributed by atoms with Crippen LogP contribution in [0.1, 0.15) is 10.4 Å². The highest BCUT2D eigenvalue weighted by Gasteiger charge is 2.26. The van der Waals surface area contributed by atoms with Crippen LogP contribution in [0.15, 0.2) is 60.7 Å². The van der Waals surface area contributed by atoms with Crippen molar-refractivity contribution in [3.63, 3.8) is 0 Å². The SMILES string of the molecule is O=C1Nc2ccccc2Oc2cc(N([O-])O)cc(Oc3cccc(Cl)c3)c21. The van der Waals surface area contributed by atoms with Gasteiger partial charge in [0.2, 0.25) is 0 Å². The molecule has 0 atom stereocenters. The molecule has 1 heterocycles. The standard InChI is InChI=1S/C19H12ClN2O5/c20-11-4-3-5-13(8-11)26-16-9-12(22(24)25)10-17-18(16)19(23)21-14-6-1-2-7-15(14)27-17/h1-10,24H,(H,21,23)/q-1. The molecule has 1 aliphatic rings. The Balaban J connectivity index is 1.86. The fourth-order valence-electron chi connectivity index (χ4n) is 2.69. The third kappa shape index (κ3) is 3.39. The Labute approximate surface area is 158 Å². The van der Waals surface area contributed by atoms with E-state index in [4.69, 9.17) is 21.1 Å². The van der Waals surface area contributed by atoms with Crippen LogP contribution < -0.4 is 20.0 Å². The Morgan fingerprint density at radius 3 is 2.67 bits per heavy atom. The molecule has 0 radical (unpaired) electrons. The second-order valence-corrected chi connectivity index (χ2v) is 6.14. The number of ether oxygens (including phenoxy) is 2. The molecule has 0 aromatic heterocycles. The van der Waals surface area contributed by atoms with Gasteiger partial charge in [0.25, 0.3) is 5.91 Å². The molecule has 2 N–H and O–H groups in total. The minimum atomic E-state index is -0.478. The van der Waals surface area contributed by atoms with Crippen LogP contribution in [0.5, 0.6) is 23.0 Å². The van der Waals surface area contributed by atoms with Crippen LogP contribution >= 0.6 is 11.6 Å². The van der Waals surface area contributed by atoms with Crippen molar-refractivity contribution in [3.05, 3.63) is 76.5 Å². The van der Waals surface area contributed by atoms with Gasteiger partial charge >= 0.3 is 0 Å². The van der Waals surface area contributed by atoms with E-state index in [1.54, 1.807) is 48.5 Å². The lowest BCUT2D eigenvalue weighted by Crippen LogP contribution is -2.13. The van der Waals surface area contributed by atoms with E-state index in [0.717, 1.165) is 0 Å². The molecule has 136 valence electrons. The van der Waals surface area contributed by atoms with E-state index in [9.17, 15) is 15.2 Å². The van der Waals surface area contributed by atoms with E-state index in [-0.39, 0.29) is 28.0 Å². The summed E-state index contributed by atoms with van der Waals surface area (Å²) in [5, 5.41) is 23.6. The van der Waals surface area contributed by atoms with Crippen molar-refractivity contribution in [1.29, 1.82) is 0 Å². The molecule has 0 spiro atoms. The number of rotatable bonds is 3. The Hall–Kier alpha value is -3.26. The number of amides is 1. The average Bonchev–Trinajstić information content (AvgIpc) is 2.77. The van der Waals surface area contributed by atoms with E-state index in [2.05, 4.69) is 5.32 Å². The first-order valence-electron chi connectivity index (χ1n) is 7.87. The summed E-state index contributed by atoms with van der Waals surface area (Å²) < 4.78 is 11.6. The van der Waals surface area contributed by atoms with Crippen LogP contribution in [0.4, 0.5) is 11.4 Å². The number of nitrogens with one attached hydrogen (secondary N) is 1. The highest BCUT2D eigenvalue weighted by molar-refractivity contribution is 6.30. The molecule has 4 rings (SSSR count). The maximum atomic E-state index is 12.8. The molecular weight excluding hydrogens is 372 g/mol. The topological polar surface area (TPSA) is 94.1 Å². The van der Waals surface area contributed by atoms with Gasteiger partial charge < -0.3 is 25.2 Å². The monoisotopic (exact) mass is 383 g/mol. The van der Waals surface area contributed by atoms with Crippen molar-refractivity contribution in [2.75, 3.05) is 10.5 Å². The van der Waals surface area contributed by atoms with Crippen molar-refractivity contribution in [1.82, 2.24) is 0 Å². The van der Waals surface area contributed by atoms with Crippen LogP contribution in [0.2, 0.25) is 5.02 Å². The summed E-state index contributed by atoms with van der Waals surface area (Å²) in [4.78, 5) is 12.8. The van der Waals surface area contributed by atoms with Crippen LogP contribution in [-0.4, -0.2) is 11.1 Å². The summed E-state index contributed by atoms with van der Waals surface area (Å²) in [6.45, 7) is 0. The van der Waals surface area contributed by atoms with Gasteiger partial charge in [-0.05, 0) is 30.3 Å². The molecule has 3 aromatic rings. The molecule has 0 saturated carbocycles. The van der Waals surface area contributed by atoms with Gasteiger partial charge in [0.05, 0.1) is 11.4 Å². The Kier molecular flexibility index (Phi) is 4.33. The minimum Gasteiger partial charge on any atom is -0.733 e. The number of anilines is 2. The fraction of sp³-hybridized carbons (Fsp3) is 0. The number of hydrogen-bond donors (Lipinski definition) is 2. The van der Waals surface area contributed by atoms with Gasteiger partial charge in [-0.25, -0.2) is 0 Å². The zero-order valence-corrected chi connectivity index (χ0v) is 14.4. The van der Waals surface area contributed by atoms with Gasteiger partial charge in [0.1, 0.15) is 22.8 Å². The van der Waals surface area contributed by atoms with Gasteiger partial charge in [-0.1, -0.05) is 29.8 Å². The summed E-state index contributed by atoms with van der Waals surface area (Å²) in [7, 11) is 0. The smallest absolute Gasteiger partial charge is 0.263 e. The predicted molar refractivity (Wildman–Crippen MR) is 100 cm³/mol. The summed E-state index contributed by atoms with van der Waals surface area (Å²) in [6.07, 6.45) is 0. The first kappa shape index (κ1) is 17.2. The number of para-hydroxylation sites is 2. The molecule has 0 bridgehead atoms. The molecule has 1 aliphatic heterocycles. The molecular formula is C19H12ClN2O5-. The van der Waals surface area contributed by atoms with Crippen molar-refractivity contribution in [3.8, 4) is 23.0 Å². The van der Waals surface area contributed by atoms with Crippen molar-refractivity contribution in [2.24, 2.45) is 0 Å². The lowest BCUT2D eigenvalue weighted by molar-refractivity contribution is 0.102. The minimum absolute atomic E-state index is 0.0324. The zero-order chi connectivity index (χ0) is 19.0. The van der Waals surface area contributed by atoms with E-state index in [1.165, 1.54) is 12.1 Å². The maximum Gasteiger partial charge on any atom is 0.263 e. The highest BCUT2D eigenvalue weighted by Crippen LogP contribution is 2.43. The van der Waals surface area contributed by atoms with Crippen LogP contribution in [0.3, 0.4) is 0 Å². The van der Waals surface area contributed by atoms with Gasteiger partial charge in [-0.2, -0.15) is 0 Å². The van der Waals surface area contributed by atoms with Crippen molar-refractivity contribution in [2.45, 2.75) is 0 Å². The molecule has 8 heteroatoms. The van der Waals surface area contributed by atoms with E-state index in [1.807, 2.05) is 0 Å². The van der Waals surface area contributed by atoms with Crippen LogP contribution in [-0.2, 0) is 0 Å². The average molecular weight is 384 g/mol. The summed E-state index contributed by atoms with van der Waals surface area (Å²) in [6, 6.07) is 15.9. The number of halogens is 1. The molecule has 0 aliphatic carbocycles. The first-order valence-corrected chi connectivity index (χ1v) is 8.25. The largest absolute Gasteiger partial charge is 0.733 e. The molecule has 1 amide bonds. The van der Waals surface area contributed by atoms with Gasteiger partial charge in [-0.3, -0.25) is 10.0 Å². The first-order chi connectivity index (χ1) is 13.0. The molecule has 3 aromatic carbocycles. The summed E-state index contributed by atoms with van der Waals surface area (Å²) in [5.74, 6) is 0.374. The second kappa shape index (κ2) is 6.81. The normalized spacial score (nSPS) is 12.2. The molecule has 7 nitrogen and oxygen atoms in total.